The summed E-state index contributed by atoms with van der Waals surface area (Å²) >= 11 is 16.2. The van der Waals surface area contributed by atoms with Crippen LogP contribution in [0.3, 0.4) is 0 Å². The van der Waals surface area contributed by atoms with Gasteiger partial charge in [-0.1, -0.05) is 85.2 Å². The Morgan fingerprint density at radius 2 is 0.900 bits per heavy atom. The Balaban J connectivity index is -0.000000597. The largest absolute Gasteiger partial charge is 1.00 e. The standard InChI is InChI=1S/C16H36N.C13H10Br2N2O.CH2Cl2.FH.H2O/c1-5-9-13-17(14-10-6-2,15-11-7-3)16-12-8-4;14-9-1-5-11(6-2-9)16-13(18)17-12-7-3-10(15)4-8-12;2-1-3;;/h5-16H2,1-4H3;1-8H,(H2,16,17,18);1H2;1H;1H2/q+1;;;;/p-1. The number of nitrogens with zero attached hydrogens (tertiary/aromatic N) is 1. The van der Waals surface area contributed by atoms with Gasteiger partial charge in [0.05, 0.1) is 31.5 Å². The van der Waals surface area contributed by atoms with Crippen molar-refractivity contribution in [2.45, 2.75) is 79.1 Å². The Hall–Kier alpha value is -0.900. The predicted molar refractivity (Wildman–Crippen MR) is 180 cm³/mol. The van der Waals surface area contributed by atoms with Gasteiger partial charge in [0.25, 0.3) is 0 Å². The maximum absolute atomic E-state index is 11.7. The molecule has 0 aliphatic heterocycles. The van der Waals surface area contributed by atoms with E-state index < -0.39 is 0 Å². The molecule has 0 bridgehead atoms. The molecule has 0 unspecified atom stereocenters. The van der Waals surface area contributed by atoms with E-state index in [1.54, 1.807) is 0 Å². The number of anilines is 2. The van der Waals surface area contributed by atoms with Crippen molar-refractivity contribution in [2.75, 3.05) is 42.2 Å². The summed E-state index contributed by atoms with van der Waals surface area (Å²) in [6.45, 7) is 15.0. The maximum Gasteiger partial charge on any atom is 0.323 e. The van der Waals surface area contributed by atoms with Crippen LogP contribution in [0.1, 0.15) is 79.1 Å². The van der Waals surface area contributed by atoms with Gasteiger partial charge < -0.3 is 25.3 Å². The average Bonchev–Trinajstić information content (AvgIpc) is 2.91. The van der Waals surface area contributed by atoms with E-state index in [1.807, 2.05) is 48.5 Å². The summed E-state index contributed by atoms with van der Waals surface area (Å²) in [6, 6.07) is 14.5. The summed E-state index contributed by atoms with van der Waals surface area (Å²) in [5.74, 6) is 0. The second kappa shape index (κ2) is 28.2. The van der Waals surface area contributed by atoms with Crippen molar-refractivity contribution in [3.05, 3.63) is 57.5 Å². The molecule has 2 aromatic carbocycles. The summed E-state index contributed by atoms with van der Waals surface area (Å²) in [4.78, 5) is 11.7. The highest BCUT2D eigenvalue weighted by molar-refractivity contribution is 9.10. The molecule has 2 aromatic rings. The maximum atomic E-state index is 11.7. The van der Waals surface area contributed by atoms with Gasteiger partial charge >= 0.3 is 6.03 Å². The van der Waals surface area contributed by atoms with E-state index >= 15 is 0 Å². The molecule has 0 heterocycles. The number of hydrogen-bond donors (Lipinski definition) is 2. The van der Waals surface area contributed by atoms with Crippen LogP contribution in [0.2, 0.25) is 0 Å². The first-order valence-electron chi connectivity index (χ1n) is 13.9. The van der Waals surface area contributed by atoms with E-state index in [1.165, 1.54) is 82.0 Å². The Kier molecular flexibility index (Phi) is 30.7. The zero-order chi connectivity index (χ0) is 28.7. The molecule has 0 atom stereocenters. The third-order valence-corrected chi connectivity index (χ3v) is 7.21. The smallest absolute Gasteiger partial charge is 0.323 e. The summed E-state index contributed by atoms with van der Waals surface area (Å²) in [7, 11) is 0. The van der Waals surface area contributed by atoms with E-state index in [2.05, 4.69) is 70.2 Å². The van der Waals surface area contributed by atoms with Gasteiger partial charge in [-0.25, -0.2) is 4.79 Å². The lowest BCUT2D eigenvalue weighted by Crippen LogP contribution is -3.00. The van der Waals surface area contributed by atoms with E-state index in [-0.39, 0.29) is 21.6 Å². The lowest BCUT2D eigenvalue weighted by Gasteiger charge is -2.39. The number of quaternary nitrogens is 1. The zero-order valence-electron chi connectivity index (χ0n) is 24.6. The number of carbonyl (C=O) groups is 1. The van der Waals surface area contributed by atoms with E-state index in [0.717, 1.165) is 20.3 Å². The Morgan fingerprint density at radius 3 is 1.12 bits per heavy atom. The van der Waals surface area contributed by atoms with E-state index in [9.17, 15) is 4.79 Å². The molecule has 2 amide bonds. The van der Waals surface area contributed by atoms with Crippen molar-refractivity contribution < 1.29 is 19.5 Å². The quantitative estimate of drug-likeness (QED) is 0.154. The van der Waals surface area contributed by atoms with Crippen LogP contribution in [0.4, 0.5) is 16.2 Å². The number of urea groups is 1. The molecule has 10 heteroatoms. The van der Waals surface area contributed by atoms with Gasteiger partial charge in [0, 0.05) is 20.3 Å². The van der Waals surface area contributed by atoms with Gasteiger partial charge in [-0.2, -0.15) is 0 Å². The molecular weight excluding hydrogens is 684 g/mol. The minimum absolute atomic E-state index is 0. The first kappa shape index (κ1) is 43.6. The first-order chi connectivity index (χ1) is 18.3. The summed E-state index contributed by atoms with van der Waals surface area (Å²) in [5, 5.41) is 5.69. The summed E-state index contributed by atoms with van der Waals surface area (Å²) in [6.07, 6.45) is 11.1. The van der Waals surface area contributed by atoms with Crippen LogP contribution in [0.15, 0.2) is 57.5 Å². The van der Waals surface area contributed by atoms with Crippen molar-refractivity contribution in [2.24, 2.45) is 0 Å². The van der Waals surface area contributed by atoms with Crippen molar-refractivity contribution in [3.8, 4) is 0 Å². The van der Waals surface area contributed by atoms with Crippen LogP contribution in [0.25, 0.3) is 0 Å². The van der Waals surface area contributed by atoms with Crippen molar-refractivity contribution >= 4 is 72.5 Å². The highest BCUT2D eigenvalue weighted by Gasteiger charge is 2.24. The van der Waals surface area contributed by atoms with Crippen LogP contribution in [0.5, 0.6) is 0 Å². The molecule has 0 spiro atoms. The number of carbonyl (C=O) groups excluding carboxylic acids is 1. The SMILES string of the molecule is CCCC[N+](CCCC)(CCCC)CCCC.ClCCl.O.O=C(Nc1ccc(Br)cc1)Nc1ccc(Br)cc1.[F-]. The van der Waals surface area contributed by atoms with E-state index in [0.29, 0.717) is 0 Å². The molecule has 4 N–H and O–H groups in total. The van der Waals surface area contributed by atoms with Crippen LogP contribution < -0.4 is 15.3 Å². The number of benzene rings is 2. The molecule has 0 aliphatic rings. The lowest BCUT2D eigenvalue weighted by atomic mass is 10.1. The fourth-order valence-electron chi connectivity index (χ4n) is 4.00. The minimum atomic E-state index is -0.264. The number of hydrogen-bond acceptors (Lipinski definition) is 1. The second-order valence-corrected chi connectivity index (χ2v) is 12.0. The van der Waals surface area contributed by atoms with E-state index in [4.69, 9.17) is 23.2 Å². The highest BCUT2D eigenvalue weighted by atomic mass is 79.9. The molecule has 0 aliphatic carbocycles. The third kappa shape index (κ3) is 21.8. The molecule has 0 saturated carbocycles. The third-order valence-electron chi connectivity index (χ3n) is 6.15. The fraction of sp³-hybridized carbons (Fsp3) is 0.567. The van der Waals surface area contributed by atoms with Crippen LogP contribution in [0, 0.1) is 0 Å². The van der Waals surface area contributed by atoms with Gasteiger partial charge in [-0.15, -0.1) is 23.2 Å². The van der Waals surface area contributed by atoms with Gasteiger partial charge in [0.1, 0.15) is 0 Å². The van der Waals surface area contributed by atoms with Gasteiger partial charge in [-0.3, -0.25) is 0 Å². The summed E-state index contributed by atoms with van der Waals surface area (Å²) in [5.41, 5.74) is 1.49. The topological polar surface area (TPSA) is 72.6 Å². The molecule has 0 aromatic heterocycles. The van der Waals surface area contributed by atoms with Crippen LogP contribution >= 0.6 is 55.1 Å². The van der Waals surface area contributed by atoms with Gasteiger partial charge in [0.2, 0.25) is 0 Å². The van der Waals surface area contributed by atoms with Crippen molar-refractivity contribution in [3.63, 3.8) is 0 Å². The Morgan fingerprint density at radius 1 is 0.650 bits per heavy atom. The molecule has 0 saturated heterocycles. The highest BCUT2D eigenvalue weighted by Crippen LogP contribution is 2.17. The number of alkyl halides is 2. The average molecular weight is 734 g/mol. The first-order valence-corrected chi connectivity index (χ1v) is 16.5. The number of amides is 2. The fourth-order valence-corrected chi connectivity index (χ4v) is 4.53. The summed E-state index contributed by atoms with van der Waals surface area (Å²) < 4.78 is 3.37. The Labute approximate surface area is 269 Å². The molecule has 0 radical (unpaired) electrons. The molecule has 232 valence electrons. The van der Waals surface area contributed by atoms with Crippen LogP contribution in [-0.2, 0) is 0 Å². The monoisotopic (exact) mass is 731 g/mol. The predicted octanol–water partition coefficient (Wildman–Crippen LogP) is 7.46. The van der Waals surface area contributed by atoms with Gasteiger partial charge in [-0.05, 0) is 74.2 Å². The molecule has 2 rings (SSSR count). The van der Waals surface area contributed by atoms with Crippen LogP contribution in [-0.4, -0.2) is 47.5 Å². The normalized spacial score (nSPS) is 10.0. The Bertz CT molecular complexity index is 761. The van der Waals surface area contributed by atoms with Gasteiger partial charge in [0.15, 0.2) is 0 Å². The minimum Gasteiger partial charge on any atom is -1.00 e. The van der Waals surface area contributed by atoms with Crippen molar-refractivity contribution in [1.82, 2.24) is 0 Å². The lowest BCUT2D eigenvalue weighted by molar-refractivity contribution is -0.929. The second-order valence-electron chi connectivity index (χ2n) is 9.34. The number of halogens is 5. The number of rotatable bonds is 14. The molecule has 5 nitrogen and oxygen atoms in total. The zero-order valence-corrected chi connectivity index (χ0v) is 29.2. The molecule has 0 fully saturated rings. The number of nitrogens with one attached hydrogen (secondary N) is 2. The number of unbranched alkanes of at least 4 members (excludes halogenated alkanes) is 4. The molecule has 40 heavy (non-hydrogen) atoms. The molecular formula is C30H50Br2Cl2FN3O2. The van der Waals surface area contributed by atoms with Crippen molar-refractivity contribution in [1.29, 1.82) is 0 Å².